The number of rotatable bonds is 6. The van der Waals surface area contributed by atoms with Crippen molar-refractivity contribution >= 4 is 46.4 Å². The highest BCUT2D eigenvalue weighted by atomic mass is 35.5. The molecule has 3 atom stereocenters. The molecule has 0 N–H and O–H groups in total. The number of ether oxygens (including phenoxy) is 1. The van der Waals surface area contributed by atoms with Crippen LogP contribution < -0.4 is 14.9 Å². The fraction of sp³-hybridized carbons (Fsp3) is 0.250. The van der Waals surface area contributed by atoms with Gasteiger partial charge in [-0.25, -0.2) is 14.8 Å². The Kier molecular flexibility index (Phi) is 6.62. The second kappa shape index (κ2) is 9.88. The average Bonchev–Trinajstić information content (AvgIpc) is 3.40. The summed E-state index contributed by atoms with van der Waals surface area (Å²) in [6, 6.07) is 20.6. The molecule has 2 fully saturated rings. The van der Waals surface area contributed by atoms with Gasteiger partial charge in [0.1, 0.15) is 5.92 Å². The van der Waals surface area contributed by atoms with E-state index >= 15 is 0 Å². The SMILES string of the molecule is CCOC(=O)c1ccc(N2C(=O)[C@H]3[C@H](ON(c4ccc(Cl)cc4)[C@@H]3c3ccc(N(C)C)cc3)C2=O)cc1. The number of imide groups is 1. The maximum absolute atomic E-state index is 13.8. The second-order valence-electron chi connectivity index (χ2n) is 9.06. The van der Waals surface area contributed by atoms with Gasteiger partial charge in [-0.1, -0.05) is 23.7 Å². The molecule has 0 bridgehead atoms. The standard InChI is InChI=1S/C28H26ClN3O5/c1-4-36-28(35)18-7-13-21(14-8-18)31-26(33)23-24(17-5-11-20(12-6-17)30(2)3)32(37-25(23)27(31)34)22-15-9-19(29)10-16-22/h5-16,23-25H,4H2,1-3H3/t23-,24-,25+/m1/s1. The summed E-state index contributed by atoms with van der Waals surface area (Å²) in [5.41, 5.74) is 3.25. The van der Waals surface area contributed by atoms with Crippen LogP contribution in [0.3, 0.4) is 0 Å². The summed E-state index contributed by atoms with van der Waals surface area (Å²) in [7, 11) is 3.90. The van der Waals surface area contributed by atoms with Gasteiger partial charge in [0, 0.05) is 24.8 Å². The zero-order valence-electron chi connectivity index (χ0n) is 20.6. The summed E-state index contributed by atoms with van der Waals surface area (Å²) in [6.45, 7) is 1.98. The van der Waals surface area contributed by atoms with E-state index in [-0.39, 0.29) is 12.5 Å². The molecule has 3 aromatic rings. The topological polar surface area (TPSA) is 79.4 Å². The van der Waals surface area contributed by atoms with Crippen molar-refractivity contribution in [2.75, 3.05) is 35.6 Å². The van der Waals surface area contributed by atoms with Crippen LogP contribution in [0.4, 0.5) is 17.1 Å². The monoisotopic (exact) mass is 519 g/mol. The maximum Gasteiger partial charge on any atom is 0.338 e. The van der Waals surface area contributed by atoms with Gasteiger partial charge in [-0.15, -0.1) is 0 Å². The molecule has 9 heteroatoms. The van der Waals surface area contributed by atoms with Gasteiger partial charge in [0.05, 0.1) is 29.6 Å². The van der Waals surface area contributed by atoms with Gasteiger partial charge >= 0.3 is 5.97 Å². The molecule has 2 heterocycles. The van der Waals surface area contributed by atoms with Gasteiger partial charge in [0.25, 0.3) is 5.91 Å². The lowest BCUT2D eigenvalue weighted by molar-refractivity contribution is -0.126. The van der Waals surface area contributed by atoms with Crippen molar-refractivity contribution in [2.45, 2.75) is 19.1 Å². The van der Waals surface area contributed by atoms with Crippen molar-refractivity contribution in [1.82, 2.24) is 0 Å². The Morgan fingerprint density at radius 1 is 0.919 bits per heavy atom. The average molecular weight is 520 g/mol. The lowest BCUT2D eigenvalue weighted by atomic mass is 9.90. The lowest BCUT2D eigenvalue weighted by Crippen LogP contribution is -2.37. The summed E-state index contributed by atoms with van der Waals surface area (Å²) in [5.74, 6) is -2.05. The number of halogens is 1. The molecule has 0 aliphatic carbocycles. The van der Waals surface area contributed by atoms with Crippen LogP contribution in [0.1, 0.15) is 28.9 Å². The van der Waals surface area contributed by atoms with E-state index in [9.17, 15) is 14.4 Å². The van der Waals surface area contributed by atoms with E-state index in [4.69, 9.17) is 21.2 Å². The largest absolute Gasteiger partial charge is 0.462 e. The molecular weight excluding hydrogens is 494 g/mol. The first-order valence-corrected chi connectivity index (χ1v) is 12.3. The number of hydrogen-bond donors (Lipinski definition) is 0. The fourth-order valence-electron chi connectivity index (χ4n) is 4.75. The van der Waals surface area contributed by atoms with Gasteiger partial charge in [-0.05, 0) is 73.2 Å². The summed E-state index contributed by atoms with van der Waals surface area (Å²) in [4.78, 5) is 48.6. The van der Waals surface area contributed by atoms with Crippen LogP contribution >= 0.6 is 11.6 Å². The number of carbonyl (C=O) groups is 3. The first-order valence-electron chi connectivity index (χ1n) is 11.9. The van der Waals surface area contributed by atoms with Crippen LogP contribution in [0.5, 0.6) is 0 Å². The second-order valence-corrected chi connectivity index (χ2v) is 9.50. The first kappa shape index (κ1) is 24.8. The molecule has 0 radical (unpaired) electrons. The van der Waals surface area contributed by atoms with Gasteiger partial charge in [-0.3, -0.25) is 14.4 Å². The Morgan fingerprint density at radius 2 is 1.54 bits per heavy atom. The number of hydroxylamine groups is 1. The molecule has 0 spiro atoms. The Bertz CT molecular complexity index is 1330. The summed E-state index contributed by atoms with van der Waals surface area (Å²) in [5, 5.41) is 2.20. The number of amides is 2. The Hall–Kier alpha value is -3.88. The van der Waals surface area contributed by atoms with Crippen molar-refractivity contribution in [1.29, 1.82) is 0 Å². The number of fused-ring (bicyclic) bond motifs is 1. The molecule has 0 saturated carbocycles. The van der Waals surface area contributed by atoms with Crippen molar-refractivity contribution in [3.05, 3.63) is 88.9 Å². The van der Waals surface area contributed by atoms with Crippen LogP contribution in [0.25, 0.3) is 0 Å². The third kappa shape index (κ3) is 4.43. The predicted molar refractivity (Wildman–Crippen MR) is 141 cm³/mol. The highest BCUT2D eigenvalue weighted by Gasteiger charge is 2.60. The molecule has 5 rings (SSSR count). The predicted octanol–water partition coefficient (Wildman–Crippen LogP) is 4.63. The quantitative estimate of drug-likeness (QED) is 0.347. The van der Waals surface area contributed by atoms with Gasteiger partial charge in [-0.2, -0.15) is 0 Å². The smallest absolute Gasteiger partial charge is 0.338 e. The Morgan fingerprint density at radius 3 is 2.14 bits per heavy atom. The van der Waals surface area contributed by atoms with Crippen molar-refractivity contribution in [3.63, 3.8) is 0 Å². The molecule has 190 valence electrons. The minimum Gasteiger partial charge on any atom is -0.462 e. The van der Waals surface area contributed by atoms with E-state index in [0.29, 0.717) is 22.0 Å². The molecule has 2 amide bonds. The molecule has 0 unspecified atom stereocenters. The highest BCUT2D eigenvalue weighted by molar-refractivity contribution is 6.30. The molecule has 37 heavy (non-hydrogen) atoms. The summed E-state index contributed by atoms with van der Waals surface area (Å²) >= 11 is 6.09. The van der Waals surface area contributed by atoms with Crippen LogP contribution in [-0.2, 0) is 19.2 Å². The summed E-state index contributed by atoms with van der Waals surface area (Å²) < 4.78 is 5.02. The van der Waals surface area contributed by atoms with Gasteiger partial charge in [0.15, 0.2) is 6.10 Å². The van der Waals surface area contributed by atoms with E-state index in [0.717, 1.165) is 16.2 Å². The highest BCUT2D eigenvalue weighted by Crippen LogP contribution is 2.47. The minimum absolute atomic E-state index is 0.255. The number of benzene rings is 3. The normalized spacial score (nSPS) is 20.8. The zero-order valence-corrected chi connectivity index (χ0v) is 21.4. The molecular formula is C28H26ClN3O5. The molecule has 2 aliphatic rings. The number of esters is 1. The Labute approximate surface area is 219 Å². The van der Waals surface area contributed by atoms with Crippen molar-refractivity contribution in [2.24, 2.45) is 5.92 Å². The third-order valence-corrected chi connectivity index (χ3v) is 6.84. The third-order valence-electron chi connectivity index (χ3n) is 6.58. The molecule has 8 nitrogen and oxygen atoms in total. The van der Waals surface area contributed by atoms with E-state index in [2.05, 4.69) is 0 Å². The fourth-order valence-corrected chi connectivity index (χ4v) is 4.88. The van der Waals surface area contributed by atoms with Crippen molar-refractivity contribution < 1.29 is 24.0 Å². The van der Waals surface area contributed by atoms with Crippen molar-refractivity contribution in [3.8, 4) is 0 Å². The Balaban J connectivity index is 1.50. The van der Waals surface area contributed by atoms with E-state index in [1.165, 1.54) is 0 Å². The summed E-state index contributed by atoms with van der Waals surface area (Å²) in [6.07, 6.45) is -0.994. The molecule has 2 aliphatic heterocycles. The number of hydrogen-bond acceptors (Lipinski definition) is 7. The van der Waals surface area contributed by atoms with Crippen LogP contribution in [0, 0.1) is 5.92 Å². The first-order chi connectivity index (χ1) is 17.8. The minimum atomic E-state index is -0.994. The number of carbonyl (C=O) groups excluding carboxylic acids is 3. The van der Waals surface area contributed by atoms with Crippen LogP contribution in [-0.4, -0.2) is 44.6 Å². The van der Waals surface area contributed by atoms with Crippen LogP contribution in [0.2, 0.25) is 5.02 Å². The van der Waals surface area contributed by atoms with E-state index in [1.54, 1.807) is 60.5 Å². The van der Waals surface area contributed by atoms with Gasteiger partial charge in [0.2, 0.25) is 5.91 Å². The lowest BCUT2D eigenvalue weighted by Gasteiger charge is -2.29. The zero-order chi connectivity index (χ0) is 26.3. The molecule has 0 aromatic heterocycles. The van der Waals surface area contributed by atoms with E-state index in [1.807, 2.05) is 43.3 Å². The maximum atomic E-state index is 13.8. The van der Waals surface area contributed by atoms with E-state index < -0.39 is 29.9 Å². The number of anilines is 3. The van der Waals surface area contributed by atoms with Gasteiger partial charge < -0.3 is 9.64 Å². The number of nitrogens with zero attached hydrogens (tertiary/aromatic N) is 3. The molecule has 2 saturated heterocycles. The van der Waals surface area contributed by atoms with Crippen LogP contribution in [0.15, 0.2) is 72.8 Å². The molecule has 3 aromatic carbocycles.